The largest absolute Gasteiger partial charge is 0.488 e. The van der Waals surface area contributed by atoms with Crippen molar-refractivity contribution < 1.29 is 23.0 Å². The minimum Gasteiger partial charge on any atom is -0.488 e. The molecule has 2 aromatic rings. The second-order valence-electron chi connectivity index (χ2n) is 7.31. The molecule has 1 N–H and O–H groups in total. The maximum absolute atomic E-state index is 12.9. The Morgan fingerprint density at radius 3 is 2.61 bits per heavy atom. The number of alkyl halides is 3. The van der Waals surface area contributed by atoms with Gasteiger partial charge in [-0.1, -0.05) is 17.7 Å². The Kier molecular flexibility index (Phi) is 5.09. The molecule has 0 unspecified atom stereocenters. The van der Waals surface area contributed by atoms with Crippen molar-refractivity contribution in [2.24, 2.45) is 11.8 Å². The molecule has 1 aromatic heterocycles. The molecule has 2 heterocycles. The minimum atomic E-state index is -4.57. The highest BCUT2D eigenvalue weighted by molar-refractivity contribution is 6.30. The zero-order chi connectivity index (χ0) is 19.9. The van der Waals surface area contributed by atoms with Crippen LogP contribution in [0, 0.1) is 11.8 Å². The first-order valence-electron chi connectivity index (χ1n) is 9.05. The van der Waals surface area contributed by atoms with Gasteiger partial charge in [0.1, 0.15) is 17.7 Å². The standard InChI is InChI=1S/C19H19ClF3N3O2/c20-13-2-1-3-14(8-13)28-16-7-12-10-26(9-11(12)6-15(16)27)17-4-5-24-18(25-17)19(21,22)23/h1-5,8,11-12,15-16,27H,6-7,9-10H2/t11-,12+,15+,16+/m0/s1. The van der Waals surface area contributed by atoms with E-state index in [4.69, 9.17) is 16.3 Å². The maximum Gasteiger partial charge on any atom is 0.451 e. The van der Waals surface area contributed by atoms with Crippen LogP contribution in [0.4, 0.5) is 19.0 Å². The molecule has 150 valence electrons. The molecular formula is C19H19ClF3N3O2. The summed E-state index contributed by atoms with van der Waals surface area (Å²) in [6, 6.07) is 8.49. The first-order valence-corrected chi connectivity index (χ1v) is 9.43. The second kappa shape index (κ2) is 7.40. The van der Waals surface area contributed by atoms with E-state index in [1.54, 1.807) is 24.3 Å². The van der Waals surface area contributed by atoms with E-state index in [1.165, 1.54) is 6.07 Å². The minimum absolute atomic E-state index is 0.179. The third kappa shape index (κ3) is 4.03. The number of hydrogen-bond acceptors (Lipinski definition) is 5. The summed E-state index contributed by atoms with van der Waals surface area (Å²) in [7, 11) is 0. The Morgan fingerprint density at radius 2 is 1.89 bits per heavy atom. The third-order valence-electron chi connectivity index (χ3n) is 5.39. The predicted octanol–water partition coefficient (Wildman–Crippen LogP) is 3.80. The highest BCUT2D eigenvalue weighted by Crippen LogP contribution is 2.39. The van der Waals surface area contributed by atoms with Crippen molar-refractivity contribution in [2.75, 3.05) is 18.0 Å². The van der Waals surface area contributed by atoms with Crippen molar-refractivity contribution >= 4 is 17.4 Å². The molecule has 2 aliphatic rings. The van der Waals surface area contributed by atoms with Crippen molar-refractivity contribution in [1.82, 2.24) is 9.97 Å². The average Bonchev–Trinajstić information content (AvgIpc) is 3.04. The summed E-state index contributed by atoms with van der Waals surface area (Å²) >= 11 is 5.98. The van der Waals surface area contributed by atoms with Crippen LogP contribution in [0.5, 0.6) is 5.75 Å². The van der Waals surface area contributed by atoms with Gasteiger partial charge < -0.3 is 14.7 Å². The van der Waals surface area contributed by atoms with Crippen LogP contribution >= 0.6 is 11.6 Å². The number of ether oxygens (including phenoxy) is 1. The molecule has 5 nitrogen and oxygen atoms in total. The molecule has 4 rings (SSSR count). The highest BCUT2D eigenvalue weighted by atomic mass is 35.5. The number of aliphatic hydroxyl groups excluding tert-OH is 1. The number of rotatable bonds is 3. The van der Waals surface area contributed by atoms with Gasteiger partial charge >= 0.3 is 6.18 Å². The summed E-state index contributed by atoms with van der Waals surface area (Å²) in [4.78, 5) is 8.83. The molecule has 4 atom stereocenters. The van der Waals surface area contributed by atoms with Gasteiger partial charge in [-0.25, -0.2) is 9.97 Å². The molecule has 1 aliphatic heterocycles. The predicted molar refractivity (Wildman–Crippen MR) is 97.3 cm³/mol. The van der Waals surface area contributed by atoms with E-state index in [1.807, 2.05) is 4.90 Å². The molecule has 1 saturated heterocycles. The van der Waals surface area contributed by atoms with Crippen molar-refractivity contribution in [3.63, 3.8) is 0 Å². The molecular weight excluding hydrogens is 395 g/mol. The lowest BCUT2D eigenvalue weighted by molar-refractivity contribution is -0.144. The summed E-state index contributed by atoms with van der Waals surface area (Å²) in [6.07, 6.45) is -3.32. The van der Waals surface area contributed by atoms with Gasteiger partial charge in [0.2, 0.25) is 5.82 Å². The molecule has 28 heavy (non-hydrogen) atoms. The van der Waals surface area contributed by atoms with Gasteiger partial charge in [-0.2, -0.15) is 13.2 Å². The van der Waals surface area contributed by atoms with Gasteiger partial charge in [-0.3, -0.25) is 0 Å². The van der Waals surface area contributed by atoms with E-state index in [0.717, 1.165) is 6.20 Å². The van der Waals surface area contributed by atoms with Gasteiger partial charge in [0.05, 0.1) is 6.10 Å². The third-order valence-corrected chi connectivity index (χ3v) is 5.62. The highest BCUT2D eigenvalue weighted by Gasteiger charge is 2.43. The van der Waals surface area contributed by atoms with Gasteiger partial charge in [-0.05, 0) is 48.9 Å². The van der Waals surface area contributed by atoms with E-state index >= 15 is 0 Å². The lowest BCUT2D eigenvalue weighted by atomic mass is 9.78. The van der Waals surface area contributed by atoms with E-state index in [0.29, 0.717) is 36.7 Å². The molecule has 1 aliphatic carbocycles. The normalized spacial score (nSPS) is 27.5. The summed E-state index contributed by atoms with van der Waals surface area (Å²) in [6.45, 7) is 1.13. The van der Waals surface area contributed by atoms with Crippen molar-refractivity contribution in [3.8, 4) is 5.75 Å². The van der Waals surface area contributed by atoms with Crippen molar-refractivity contribution in [3.05, 3.63) is 47.4 Å². The number of aliphatic hydroxyl groups is 1. The number of anilines is 1. The Balaban J connectivity index is 1.46. The smallest absolute Gasteiger partial charge is 0.451 e. The summed E-state index contributed by atoms with van der Waals surface area (Å²) in [5.41, 5.74) is 0. The van der Waals surface area contributed by atoms with Crippen LogP contribution in [-0.4, -0.2) is 40.4 Å². The Morgan fingerprint density at radius 1 is 1.14 bits per heavy atom. The molecule has 9 heteroatoms. The van der Waals surface area contributed by atoms with Gasteiger partial charge in [0, 0.05) is 24.3 Å². The van der Waals surface area contributed by atoms with Crippen LogP contribution in [0.1, 0.15) is 18.7 Å². The van der Waals surface area contributed by atoms with E-state index < -0.39 is 18.1 Å². The molecule has 0 bridgehead atoms. The van der Waals surface area contributed by atoms with E-state index in [2.05, 4.69) is 9.97 Å². The number of benzene rings is 1. The summed E-state index contributed by atoms with van der Waals surface area (Å²) in [5.74, 6) is 0.103. The molecule has 2 fully saturated rings. The van der Waals surface area contributed by atoms with Crippen LogP contribution in [-0.2, 0) is 6.18 Å². The fourth-order valence-corrected chi connectivity index (χ4v) is 4.26. The molecule has 0 spiro atoms. The Hall–Kier alpha value is -2.06. The number of halogens is 4. The molecule has 1 saturated carbocycles. The van der Waals surface area contributed by atoms with Gasteiger partial charge in [0.15, 0.2) is 0 Å². The summed E-state index contributed by atoms with van der Waals surface area (Å²) < 4.78 is 44.6. The van der Waals surface area contributed by atoms with Gasteiger partial charge in [-0.15, -0.1) is 0 Å². The SMILES string of the molecule is O[C@@H]1C[C@H]2CN(c3ccnc(C(F)(F)F)n3)C[C@H]2C[C@H]1Oc1cccc(Cl)c1. The first kappa shape index (κ1) is 19.3. The van der Waals surface area contributed by atoms with Crippen LogP contribution in [0.25, 0.3) is 0 Å². The zero-order valence-corrected chi connectivity index (χ0v) is 15.6. The average molecular weight is 414 g/mol. The fourth-order valence-electron chi connectivity index (χ4n) is 4.08. The first-order chi connectivity index (χ1) is 13.3. The van der Waals surface area contributed by atoms with Crippen LogP contribution in [0.3, 0.4) is 0 Å². The number of hydrogen-bond donors (Lipinski definition) is 1. The van der Waals surface area contributed by atoms with E-state index in [9.17, 15) is 18.3 Å². The fraction of sp³-hybridized carbons (Fsp3) is 0.474. The molecule has 1 aromatic carbocycles. The van der Waals surface area contributed by atoms with E-state index in [-0.39, 0.29) is 23.8 Å². The zero-order valence-electron chi connectivity index (χ0n) is 14.8. The number of aromatic nitrogens is 2. The van der Waals surface area contributed by atoms with Crippen LogP contribution < -0.4 is 9.64 Å². The number of nitrogens with zero attached hydrogens (tertiary/aromatic N) is 3. The van der Waals surface area contributed by atoms with Crippen LogP contribution in [0.2, 0.25) is 5.02 Å². The quantitative estimate of drug-likeness (QED) is 0.829. The van der Waals surface area contributed by atoms with Crippen molar-refractivity contribution in [2.45, 2.75) is 31.2 Å². The molecule has 0 amide bonds. The monoisotopic (exact) mass is 413 g/mol. The Bertz CT molecular complexity index is 851. The van der Waals surface area contributed by atoms with Crippen molar-refractivity contribution in [1.29, 1.82) is 0 Å². The molecule has 0 radical (unpaired) electrons. The van der Waals surface area contributed by atoms with Gasteiger partial charge in [0.25, 0.3) is 0 Å². The summed E-state index contributed by atoms with van der Waals surface area (Å²) in [5, 5.41) is 11.1. The topological polar surface area (TPSA) is 58.5 Å². The Labute approximate surface area is 165 Å². The maximum atomic E-state index is 12.9. The lowest BCUT2D eigenvalue weighted by Gasteiger charge is -2.35. The van der Waals surface area contributed by atoms with Crippen LogP contribution in [0.15, 0.2) is 36.5 Å². The lowest BCUT2D eigenvalue weighted by Crippen LogP contribution is -2.42. The second-order valence-corrected chi connectivity index (χ2v) is 7.75. The number of fused-ring (bicyclic) bond motifs is 1.